The summed E-state index contributed by atoms with van der Waals surface area (Å²) in [5, 5.41) is 6.25. The molecular weight excluding hydrogens is 288 g/mol. The van der Waals surface area contributed by atoms with E-state index in [0.717, 1.165) is 12.1 Å². The van der Waals surface area contributed by atoms with Crippen molar-refractivity contribution < 1.29 is 9.20 Å². The Bertz CT molecular complexity index is 650. The molecule has 0 aliphatic heterocycles. The summed E-state index contributed by atoms with van der Waals surface area (Å²) in [6.45, 7) is 3.72. The van der Waals surface area contributed by atoms with Crippen molar-refractivity contribution in [1.82, 2.24) is 15.5 Å². The molecule has 1 aromatic carbocycles. The number of thiocarbonyl (C=S) groups is 1. The standard InChI is InChI=1S/C14H18N4O2S/c1-3-15-14(21)18(9-11-7-5-4-6-8-11)10-12-13(19)20-16-17(12)2/h4-8H,3,9-10H2,1-2H3,(H-,15,16,19,21)/p+1. The predicted molar refractivity (Wildman–Crippen MR) is 82.5 cm³/mol. The Morgan fingerprint density at radius 3 is 2.67 bits per heavy atom. The highest BCUT2D eigenvalue weighted by atomic mass is 32.1. The molecule has 1 aromatic heterocycles. The smallest absolute Gasteiger partial charge is 0.363 e. The van der Waals surface area contributed by atoms with E-state index in [9.17, 15) is 4.79 Å². The topological polar surface area (TPSA) is 65.2 Å². The molecule has 0 saturated heterocycles. The van der Waals surface area contributed by atoms with E-state index in [0.29, 0.717) is 23.9 Å². The van der Waals surface area contributed by atoms with Gasteiger partial charge >= 0.3 is 11.3 Å². The number of aromatic nitrogens is 2. The first-order chi connectivity index (χ1) is 10.1. The number of rotatable bonds is 5. The van der Waals surface area contributed by atoms with Crippen LogP contribution >= 0.6 is 12.2 Å². The van der Waals surface area contributed by atoms with E-state index in [1.165, 1.54) is 0 Å². The van der Waals surface area contributed by atoms with Crippen LogP contribution in [0.2, 0.25) is 0 Å². The highest BCUT2D eigenvalue weighted by Crippen LogP contribution is 2.07. The van der Waals surface area contributed by atoms with Crippen LogP contribution in [0.15, 0.2) is 39.6 Å². The maximum atomic E-state index is 11.7. The molecule has 21 heavy (non-hydrogen) atoms. The minimum absolute atomic E-state index is 0.378. The number of H-pyrrole nitrogens is 1. The average molecular weight is 307 g/mol. The van der Waals surface area contributed by atoms with Gasteiger partial charge < -0.3 is 10.2 Å². The van der Waals surface area contributed by atoms with Crippen LogP contribution in [0.4, 0.5) is 0 Å². The molecule has 0 saturated carbocycles. The zero-order valence-corrected chi connectivity index (χ0v) is 12.9. The Kier molecular flexibility index (Phi) is 5.10. The van der Waals surface area contributed by atoms with Crippen molar-refractivity contribution in [1.29, 1.82) is 0 Å². The molecule has 2 N–H and O–H groups in total. The third-order valence-electron chi connectivity index (χ3n) is 3.09. The van der Waals surface area contributed by atoms with Gasteiger partial charge in [0.15, 0.2) is 12.2 Å². The molecule has 6 nitrogen and oxygen atoms in total. The summed E-state index contributed by atoms with van der Waals surface area (Å²) in [7, 11) is 1.73. The molecule has 0 aliphatic rings. The molecule has 0 spiro atoms. The maximum Gasteiger partial charge on any atom is 0.431 e. The largest absolute Gasteiger partial charge is 0.431 e. The third kappa shape index (κ3) is 3.91. The van der Waals surface area contributed by atoms with E-state index in [4.69, 9.17) is 16.7 Å². The van der Waals surface area contributed by atoms with Crippen molar-refractivity contribution >= 4 is 17.3 Å². The lowest BCUT2D eigenvalue weighted by atomic mass is 10.2. The number of hydrogen-bond acceptors (Lipinski definition) is 3. The molecule has 7 heteroatoms. The van der Waals surface area contributed by atoms with E-state index in [1.54, 1.807) is 11.7 Å². The molecule has 0 aliphatic carbocycles. The first kappa shape index (κ1) is 15.2. The average Bonchev–Trinajstić information content (AvgIpc) is 2.79. The van der Waals surface area contributed by atoms with Crippen LogP contribution in [0, 0.1) is 0 Å². The van der Waals surface area contributed by atoms with Crippen LogP contribution in [0.25, 0.3) is 0 Å². The number of aromatic amines is 1. The van der Waals surface area contributed by atoms with Crippen molar-refractivity contribution in [2.75, 3.05) is 6.54 Å². The Balaban J connectivity index is 2.20. The molecule has 0 amide bonds. The Labute approximate surface area is 128 Å². The SMILES string of the molecule is CCNC(=S)N(Cc1ccccc1)Cc1c(=O)o[nH][n+]1C. The normalized spacial score (nSPS) is 10.4. The van der Waals surface area contributed by atoms with Crippen molar-refractivity contribution in [3.8, 4) is 0 Å². The number of hydrogen-bond donors (Lipinski definition) is 2. The Morgan fingerprint density at radius 2 is 2.10 bits per heavy atom. The Morgan fingerprint density at radius 1 is 1.38 bits per heavy atom. The lowest BCUT2D eigenvalue weighted by Gasteiger charge is -2.23. The van der Waals surface area contributed by atoms with Crippen LogP contribution in [-0.4, -0.2) is 21.8 Å². The fourth-order valence-electron chi connectivity index (χ4n) is 1.98. The summed E-state index contributed by atoms with van der Waals surface area (Å²) >= 11 is 5.40. The zero-order valence-electron chi connectivity index (χ0n) is 12.1. The fourth-order valence-corrected chi connectivity index (χ4v) is 2.25. The second-order valence-corrected chi connectivity index (χ2v) is 5.05. The second kappa shape index (κ2) is 7.03. The van der Waals surface area contributed by atoms with E-state index in [2.05, 4.69) is 10.6 Å². The molecule has 0 radical (unpaired) electrons. The van der Waals surface area contributed by atoms with E-state index >= 15 is 0 Å². The monoisotopic (exact) mass is 307 g/mol. The predicted octanol–water partition coefficient (Wildman–Crippen LogP) is 0.689. The van der Waals surface area contributed by atoms with Crippen molar-refractivity contribution in [2.24, 2.45) is 7.05 Å². The molecule has 0 bridgehead atoms. The minimum atomic E-state index is -0.380. The quantitative estimate of drug-likeness (QED) is 0.628. The molecule has 0 fully saturated rings. The van der Waals surface area contributed by atoms with Gasteiger partial charge in [-0.25, -0.2) is 4.79 Å². The summed E-state index contributed by atoms with van der Waals surface area (Å²) in [6.07, 6.45) is 0. The summed E-state index contributed by atoms with van der Waals surface area (Å²) in [6, 6.07) is 9.99. The molecule has 112 valence electrons. The molecular formula is C14H19N4O2S+. The van der Waals surface area contributed by atoms with Gasteiger partial charge in [0.25, 0.3) is 0 Å². The lowest BCUT2D eigenvalue weighted by molar-refractivity contribution is -0.746. The molecule has 0 unspecified atom stereocenters. The van der Waals surface area contributed by atoms with Gasteiger partial charge in [0, 0.05) is 13.1 Å². The third-order valence-corrected chi connectivity index (χ3v) is 3.49. The van der Waals surface area contributed by atoms with Gasteiger partial charge in [0.1, 0.15) is 6.54 Å². The molecule has 2 aromatic rings. The zero-order chi connectivity index (χ0) is 15.2. The van der Waals surface area contributed by atoms with Crippen LogP contribution in [0.5, 0.6) is 0 Å². The van der Waals surface area contributed by atoms with E-state index < -0.39 is 0 Å². The van der Waals surface area contributed by atoms with E-state index in [1.807, 2.05) is 42.2 Å². The van der Waals surface area contributed by atoms with Gasteiger partial charge in [0.2, 0.25) is 0 Å². The Hall–Kier alpha value is -2.15. The number of aryl methyl sites for hydroxylation is 1. The number of benzene rings is 1. The van der Waals surface area contributed by atoms with Gasteiger partial charge in [-0.05, 0) is 30.0 Å². The second-order valence-electron chi connectivity index (χ2n) is 4.66. The van der Waals surface area contributed by atoms with Gasteiger partial charge in [-0.2, -0.15) is 0 Å². The van der Waals surface area contributed by atoms with Gasteiger partial charge in [0.05, 0.1) is 0 Å². The van der Waals surface area contributed by atoms with Crippen molar-refractivity contribution in [2.45, 2.75) is 20.0 Å². The molecule has 0 atom stereocenters. The summed E-state index contributed by atoms with van der Waals surface area (Å²) in [4.78, 5) is 13.6. The number of nitrogens with zero attached hydrogens (tertiary/aromatic N) is 2. The van der Waals surface area contributed by atoms with Crippen LogP contribution < -0.4 is 15.6 Å². The van der Waals surface area contributed by atoms with Crippen LogP contribution in [0.3, 0.4) is 0 Å². The van der Waals surface area contributed by atoms with Crippen molar-refractivity contribution in [3.63, 3.8) is 0 Å². The molecule has 1 heterocycles. The van der Waals surface area contributed by atoms with E-state index in [-0.39, 0.29) is 5.63 Å². The van der Waals surface area contributed by atoms with Crippen molar-refractivity contribution in [3.05, 3.63) is 52.0 Å². The highest BCUT2D eigenvalue weighted by molar-refractivity contribution is 7.80. The maximum absolute atomic E-state index is 11.7. The highest BCUT2D eigenvalue weighted by Gasteiger charge is 2.22. The van der Waals surface area contributed by atoms with Gasteiger partial charge in [-0.15, -0.1) is 0 Å². The van der Waals surface area contributed by atoms with Gasteiger partial charge in [-0.3, -0.25) is 4.52 Å². The van der Waals surface area contributed by atoms with Crippen LogP contribution in [-0.2, 0) is 20.1 Å². The minimum Gasteiger partial charge on any atom is -0.363 e. The summed E-state index contributed by atoms with van der Waals surface area (Å²) in [5.74, 6) is 0. The first-order valence-electron chi connectivity index (χ1n) is 6.75. The van der Waals surface area contributed by atoms with Crippen LogP contribution in [0.1, 0.15) is 18.2 Å². The lowest BCUT2D eigenvalue weighted by Crippen LogP contribution is -2.44. The first-order valence-corrected chi connectivity index (χ1v) is 7.15. The van der Waals surface area contributed by atoms with Gasteiger partial charge in [-0.1, -0.05) is 35.0 Å². The molecule has 2 rings (SSSR count). The number of nitrogens with one attached hydrogen (secondary N) is 2. The fraction of sp³-hybridized carbons (Fsp3) is 0.357. The summed E-state index contributed by atoms with van der Waals surface area (Å²) < 4.78 is 6.34. The summed E-state index contributed by atoms with van der Waals surface area (Å²) in [5.41, 5.74) is 1.27.